The number of hydrogen-bond acceptors (Lipinski definition) is 3. The van der Waals surface area contributed by atoms with Crippen molar-refractivity contribution in [3.05, 3.63) is 0 Å². The molecule has 0 aromatic rings. The Bertz CT molecular complexity index is 313. The van der Waals surface area contributed by atoms with Gasteiger partial charge >= 0.3 is 0 Å². The summed E-state index contributed by atoms with van der Waals surface area (Å²) in [5.74, 6) is -0.0451. The quantitative estimate of drug-likeness (QED) is 0.706. The molecule has 0 spiro atoms. The second-order valence-electron chi connectivity index (χ2n) is 5.81. The van der Waals surface area contributed by atoms with Crippen LogP contribution < -0.4 is 5.32 Å². The predicted octanol–water partition coefficient (Wildman–Crippen LogP) is 1.94. The number of likely N-dealkylation sites (tertiary alicyclic amines) is 1. The standard InChI is InChI=1S/C14H26N2O2/c1-5-7-11(15-8-6-2)10-16-12(17)9-14(3,4)13(16)18/h11,15H,5-10H2,1-4H3. The van der Waals surface area contributed by atoms with E-state index in [2.05, 4.69) is 19.2 Å². The molecule has 1 fully saturated rings. The van der Waals surface area contributed by atoms with Crippen LogP contribution in [0.2, 0.25) is 0 Å². The first-order valence-corrected chi connectivity index (χ1v) is 7.00. The molecule has 1 aliphatic rings. The van der Waals surface area contributed by atoms with Crippen molar-refractivity contribution in [1.29, 1.82) is 0 Å². The highest BCUT2D eigenvalue weighted by molar-refractivity contribution is 6.05. The van der Waals surface area contributed by atoms with Crippen molar-refractivity contribution >= 4 is 11.8 Å². The van der Waals surface area contributed by atoms with Crippen LogP contribution in [0.1, 0.15) is 53.4 Å². The second kappa shape index (κ2) is 6.32. The number of hydrogen-bond donors (Lipinski definition) is 1. The number of rotatable bonds is 7. The number of nitrogens with one attached hydrogen (secondary N) is 1. The Morgan fingerprint density at radius 3 is 2.39 bits per heavy atom. The van der Waals surface area contributed by atoms with Crippen LogP contribution in [-0.2, 0) is 9.59 Å². The van der Waals surface area contributed by atoms with Crippen LogP contribution in [-0.4, -0.2) is 35.8 Å². The first-order valence-electron chi connectivity index (χ1n) is 7.00. The average molecular weight is 254 g/mol. The molecule has 1 heterocycles. The number of amides is 2. The molecule has 0 radical (unpaired) electrons. The van der Waals surface area contributed by atoms with Crippen molar-refractivity contribution in [1.82, 2.24) is 10.2 Å². The molecular weight excluding hydrogens is 228 g/mol. The van der Waals surface area contributed by atoms with Crippen LogP contribution in [0, 0.1) is 5.41 Å². The molecule has 1 unspecified atom stereocenters. The lowest BCUT2D eigenvalue weighted by Crippen LogP contribution is -2.44. The van der Waals surface area contributed by atoms with Crippen LogP contribution in [0.4, 0.5) is 0 Å². The molecule has 1 atom stereocenters. The van der Waals surface area contributed by atoms with E-state index in [-0.39, 0.29) is 17.9 Å². The lowest BCUT2D eigenvalue weighted by Gasteiger charge is -2.24. The van der Waals surface area contributed by atoms with Gasteiger partial charge in [-0.25, -0.2) is 0 Å². The molecule has 0 aliphatic carbocycles. The molecule has 1 saturated heterocycles. The van der Waals surface area contributed by atoms with E-state index < -0.39 is 5.41 Å². The van der Waals surface area contributed by atoms with E-state index >= 15 is 0 Å². The minimum atomic E-state index is -0.515. The maximum absolute atomic E-state index is 12.1. The monoisotopic (exact) mass is 254 g/mol. The molecule has 104 valence electrons. The molecule has 1 rings (SSSR count). The largest absolute Gasteiger partial charge is 0.312 e. The molecule has 0 aromatic carbocycles. The summed E-state index contributed by atoms with van der Waals surface area (Å²) in [5.41, 5.74) is -0.515. The predicted molar refractivity (Wildman–Crippen MR) is 72.1 cm³/mol. The lowest BCUT2D eigenvalue weighted by atomic mass is 9.92. The fourth-order valence-electron chi connectivity index (χ4n) is 2.39. The van der Waals surface area contributed by atoms with Gasteiger partial charge in [-0.3, -0.25) is 14.5 Å². The van der Waals surface area contributed by atoms with Crippen molar-refractivity contribution in [3.8, 4) is 0 Å². The summed E-state index contributed by atoms with van der Waals surface area (Å²) in [7, 11) is 0. The Labute approximate surface area is 110 Å². The molecular formula is C14H26N2O2. The number of carbonyl (C=O) groups is 2. The normalized spacial score (nSPS) is 20.6. The Hall–Kier alpha value is -0.900. The molecule has 4 heteroatoms. The molecule has 0 bridgehead atoms. The third-order valence-corrected chi connectivity index (χ3v) is 3.44. The topological polar surface area (TPSA) is 49.4 Å². The van der Waals surface area contributed by atoms with Crippen molar-refractivity contribution in [2.45, 2.75) is 59.4 Å². The zero-order valence-corrected chi connectivity index (χ0v) is 12.1. The van der Waals surface area contributed by atoms with Gasteiger partial charge in [0.15, 0.2) is 0 Å². The van der Waals surface area contributed by atoms with Gasteiger partial charge in [-0.05, 0) is 19.4 Å². The zero-order valence-electron chi connectivity index (χ0n) is 12.1. The van der Waals surface area contributed by atoms with Gasteiger partial charge in [-0.2, -0.15) is 0 Å². The molecule has 1 aliphatic heterocycles. The van der Waals surface area contributed by atoms with Crippen LogP contribution in [0.15, 0.2) is 0 Å². The fraction of sp³-hybridized carbons (Fsp3) is 0.857. The first-order chi connectivity index (χ1) is 8.42. The average Bonchev–Trinajstić information content (AvgIpc) is 2.48. The highest BCUT2D eigenvalue weighted by atomic mass is 16.2. The maximum atomic E-state index is 12.1. The van der Waals surface area contributed by atoms with Gasteiger partial charge in [0.2, 0.25) is 11.8 Å². The summed E-state index contributed by atoms with van der Waals surface area (Å²) < 4.78 is 0. The van der Waals surface area contributed by atoms with Gasteiger partial charge in [0.1, 0.15) is 0 Å². The van der Waals surface area contributed by atoms with Crippen molar-refractivity contribution in [2.24, 2.45) is 5.41 Å². The van der Waals surface area contributed by atoms with Gasteiger partial charge in [0.05, 0.1) is 5.41 Å². The Kier molecular flexibility index (Phi) is 5.32. The summed E-state index contributed by atoms with van der Waals surface area (Å²) in [6.45, 7) is 9.39. The minimum Gasteiger partial charge on any atom is -0.312 e. The summed E-state index contributed by atoms with van der Waals surface area (Å²) in [4.78, 5) is 25.5. The third-order valence-electron chi connectivity index (χ3n) is 3.44. The SMILES string of the molecule is CCCNC(CCC)CN1C(=O)CC(C)(C)C1=O. The van der Waals surface area contributed by atoms with E-state index in [0.29, 0.717) is 13.0 Å². The van der Waals surface area contributed by atoms with Gasteiger partial charge in [0, 0.05) is 19.0 Å². The molecule has 18 heavy (non-hydrogen) atoms. The Balaban J connectivity index is 2.63. The summed E-state index contributed by atoms with van der Waals surface area (Å²) in [5, 5.41) is 3.42. The summed E-state index contributed by atoms with van der Waals surface area (Å²) >= 11 is 0. The number of carbonyl (C=O) groups excluding carboxylic acids is 2. The molecule has 4 nitrogen and oxygen atoms in total. The van der Waals surface area contributed by atoms with Crippen LogP contribution in [0.5, 0.6) is 0 Å². The minimum absolute atomic E-state index is 0.0214. The molecule has 1 N–H and O–H groups in total. The van der Waals surface area contributed by atoms with E-state index in [4.69, 9.17) is 0 Å². The highest BCUT2D eigenvalue weighted by Crippen LogP contribution is 2.31. The first kappa shape index (κ1) is 15.2. The Morgan fingerprint density at radius 1 is 1.28 bits per heavy atom. The summed E-state index contributed by atoms with van der Waals surface area (Å²) in [6.07, 6.45) is 3.46. The van der Waals surface area contributed by atoms with Crippen molar-refractivity contribution in [3.63, 3.8) is 0 Å². The van der Waals surface area contributed by atoms with Crippen LogP contribution in [0.25, 0.3) is 0 Å². The smallest absolute Gasteiger partial charge is 0.235 e. The zero-order chi connectivity index (χ0) is 13.8. The van der Waals surface area contributed by atoms with Crippen molar-refractivity contribution in [2.75, 3.05) is 13.1 Å². The van der Waals surface area contributed by atoms with Crippen molar-refractivity contribution < 1.29 is 9.59 Å². The second-order valence-corrected chi connectivity index (χ2v) is 5.81. The van der Waals surface area contributed by atoms with Gasteiger partial charge < -0.3 is 5.32 Å². The van der Waals surface area contributed by atoms with Gasteiger partial charge in [-0.1, -0.05) is 34.1 Å². The van der Waals surface area contributed by atoms with E-state index in [0.717, 1.165) is 25.8 Å². The number of nitrogens with zero attached hydrogens (tertiary/aromatic N) is 1. The van der Waals surface area contributed by atoms with E-state index in [1.807, 2.05) is 13.8 Å². The third kappa shape index (κ3) is 3.55. The van der Waals surface area contributed by atoms with E-state index in [1.54, 1.807) is 0 Å². The van der Waals surface area contributed by atoms with Crippen LogP contribution >= 0.6 is 0 Å². The summed E-state index contributed by atoms with van der Waals surface area (Å²) in [6, 6.07) is 0.233. The van der Waals surface area contributed by atoms with Crippen LogP contribution in [0.3, 0.4) is 0 Å². The fourth-order valence-corrected chi connectivity index (χ4v) is 2.39. The molecule has 0 aromatic heterocycles. The highest BCUT2D eigenvalue weighted by Gasteiger charge is 2.45. The number of imide groups is 1. The molecule has 2 amide bonds. The molecule has 0 saturated carbocycles. The Morgan fingerprint density at radius 2 is 1.94 bits per heavy atom. The lowest BCUT2D eigenvalue weighted by molar-refractivity contribution is -0.141. The van der Waals surface area contributed by atoms with Gasteiger partial charge in [0.25, 0.3) is 0 Å². The van der Waals surface area contributed by atoms with Gasteiger partial charge in [-0.15, -0.1) is 0 Å². The van der Waals surface area contributed by atoms with E-state index in [1.165, 1.54) is 4.90 Å². The maximum Gasteiger partial charge on any atom is 0.235 e. The van der Waals surface area contributed by atoms with E-state index in [9.17, 15) is 9.59 Å².